The first-order valence-electron chi connectivity index (χ1n) is 5.70. The Morgan fingerprint density at radius 2 is 2.33 bits per heavy atom. The van der Waals surface area contributed by atoms with Crippen molar-refractivity contribution in [3.05, 3.63) is 11.4 Å². The zero-order valence-corrected chi connectivity index (χ0v) is 9.11. The van der Waals surface area contributed by atoms with Crippen LogP contribution in [0.1, 0.15) is 56.3 Å². The van der Waals surface area contributed by atoms with Gasteiger partial charge in [-0.1, -0.05) is 25.0 Å². The van der Waals surface area contributed by atoms with Crippen LogP contribution in [0.15, 0.2) is 0 Å². The molecule has 0 N–H and O–H groups in total. The molecular weight excluding hydrogens is 188 g/mol. The van der Waals surface area contributed by atoms with E-state index in [1.54, 1.807) is 0 Å². The molecule has 0 spiro atoms. The molecule has 0 atom stereocenters. The van der Waals surface area contributed by atoms with Gasteiger partial charge < -0.3 is 0 Å². The Bertz CT molecular complexity index is 370. The van der Waals surface area contributed by atoms with E-state index in [9.17, 15) is 0 Å². The summed E-state index contributed by atoms with van der Waals surface area (Å²) in [6.45, 7) is 3.06. The van der Waals surface area contributed by atoms with Crippen molar-refractivity contribution in [3.63, 3.8) is 0 Å². The second-order valence-corrected chi connectivity index (χ2v) is 4.14. The van der Waals surface area contributed by atoms with Gasteiger partial charge in [-0.3, -0.25) is 0 Å². The van der Waals surface area contributed by atoms with Crippen LogP contribution in [0.25, 0.3) is 0 Å². The van der Waals surface area contributed by atoms with Crippen LogP contribution in [0.3, 0.4) is 0 Å². The van der Waals surface area contributed by atoms with Crippen molar-refractivity contribution in [1.29, 1.82) is 5.26 Å². The monoisotopic (exact) mass is 204 g/mol. The van der Waals surface area contributed by atoms with E-state index in [0.29, 0.717) is 11.6 Å². The van der Waals surface area contributed by atoms with Gasteiger partial charge in [-0.2, -0.15) is 5.26 Å². The van der Waals surface area contributed by atoms with Crippen molar-refractivity contribution in [3.8, 4) is 6.07 Å². The lowest BCUT2D eigenvalue weighted by Gasteiger charge is -2.25. The SMILES string of the molecule is CCCCn1nnc(C#N)c1C1CCC1. The third-order valence-electron chi connectivity index (χ3n) is 3.09. The highest BCUT2D eigenvalue weighted by Gasteiger charge is 2.27. The Hall–Kier alpha value is -1.37. The van der Waals surface area contributed by atoms with E-state index in [1.165, 1.54) is 19.3 Å². The molecule has 0 aromatic carbocycles. The molecule has 15 heavy (non-hydrogen) atoms. The van der Waals surface area contributed by atoms with Crippen molar-refractivity contribution in [2.24, 2.45) is 0 Å². The molecule has 1 aromatic heterocycles. The number of unbranched alkanes of at least 4 members (excludes halogenated alkanes) is 1. The standard InChI is InChI=1S/C11H16N4/c1-2-3-7-15-11(9-5-4-6-9)10(8-12)13-14-15/h9H,2-7H2,1H3. The van der Waals surface area contributed by atoms with Crippen LogP contribution >= 0.6 is 0 Å². The van der Waals surface area contributed by atoms with Gasteiger partial charge in [0.05, 0.1) is 5.69 Å². The fourth-order valence-corrected chi connectivity index (χ4v) is 1.96. The van der Waals surface area contributed by atoms with Crippen LogP contribution in [0, 0.1) is 11.3 Å². The molecule has 4 nitrogen and oxygen atoms in total. The Morgan fingerprint density at radius 1 is 1.53 bits per heavy atom. The Labute approximate surface area is 89.9 Å². The Morgan fingerprint density at radius 3 is 2.87 bits per heavy atom. The molecule has 0 unspecified atom stereocenters. The van der Waals surface area contributed by atoms with Crippen molar-refractivity contribution >= 4 is 0 Å². The van der Waals surface area contributed by atoms with Crippen LogP contribution in [0.5, 0.6) is 0 Å². The minimum Gasteiger partial charge on any atom is -0.248 e. The lowest BCUT2D eigenvalue weighted by Crippen LogP contribution is -2.16. The van der Waals surface area contributed by atoms with E-state index in [4.69, 9.17) is 5.26 Å². The summed E-state index contributed by atoms with van der Waals surface area (Å²) in [6, 6.07) is 2.15. The van der Waals surface area contributed by atoms with Crippen molar-refractivity contribution in [2.45, 2.75) is 51.5 Å². The first kappa shape index (κ1) is 10.2. The summed E-state index contributed by atoms with van der Waals surface area (Å²) in [6.07, 6.45) is 5.90. The zero-order chi connectivity index (χ0) is 10.7. The fourth-order valence-electron chi connectivity index (χ4n) is 1.96. The maximum atomic E-state index is 8.96. The Kier molecular flexibility index (Phi) is 3.00. The fraction of sp³-hybridized carbons (Fsp3) is 0.727. The Balaban J connectivity index is 2.21. The molecular formula is C11H16N4. The average Bonchev–Trinajstić information content (AvgIpc) is 2.56. The summed E-state index contributed by atoms with van der Waals surface area (Å²) in [5.74, 6) is 0.534. The van der Waals surface area contributed by atoms with E-state index in [-0.39, 0.29) is 0 Å². The summed E-state index contributed by atoms with van der Waals surface area (Å²) in [5, 5.41) is 17.0. The number of rotatable bonds is 4. The molecule has 1 fully saturated rings. The average molecular weight is 204 g/mol. The van der Waals surface area contributed by atoms with Crippen molar-refractivity contribution in [2.75, 3.05) is 0 Å². The number of aromatic nitrogens is 3. The van der Waals surface area contributed by atoms with Gasteiger partial charge in [0.15, 0.2) is 5.69 Å². The second-order valence-electron chi connectivity index (χ2n) is 4.14. The summed E-state index contributed by atoms with van der Waals surface area (Å²) in [7, 11) is 0. The van der Waals surface area contributed by atoms with E-state index < -0.39 is 0 Å². The lowest BCUT2D eigenvalue weighted by molar-refractivity contribution is 0.383. The largest absolute Gasteiger partial charge is 0.248 e. The number of hydrogen-bond donors (Lipinski definition) is 0. The molecule has 1 aliphatic carbocycles. The van der Waals surface area contributed by atoms with Gasteiger partial charge in [0.1, 0.15) is 6.07 Å². The molecule has 0 amide bonds. The minimum atomic E-state index is 0.534. The van der Waals surface area contributed by atoms with Gasteiger partial charge in [-0.15, -0.1) is 5.10 Å². The minimum absolute atomic E-state index is 0.534. The highest BCUT2D eigenvalue weighted by atomic mass is 15.4. The third-order valence-corrected chi connectivity index (χ3v) is 3.09. The molecule has 80 valence electrons. The maximum Gasteiger partial charge on any atom is 0.186 e. The molecule has 1 heterocycles. The third kappa shape index (κ3) is 1.87. The molecule has 4 heteroatoms. The van der Waals surface area contributed by atoms with E-state index in [0.717, 1.165) is 25.1 Å². The van der Waals surface area contributed by atoms with Crippen molar-refractivity contribution in [1.82, 2.24) is 15.0 Å². The second kappa shape index (κ2) is 4.43. The molecule has 1 saturated carbocycles. The molecule has 0 radical (unpaired) electrons. The summed E-state index contributed by atoms with van der Waals surface area (Å²) >= 11 is 0. The highest BCUT2D eigenvalue weighted by Crippen LogP contribution is 2.37. The van der Waals surface area contributed by atoms with Crippen LogP contribution < -0.4 is 0 Å². The van der Waals surface area contributed by atoms with Crippen LogP contribution in [-0.2, 0) is 6.54 Å². The van der Waals surface area contributed by atoms with Gasteiger partial charge in [0.2, 0.25) is 0 Å². The van der Waals surface area contributed by atoms with E-state index in [1.807, 2.05) is 4.68 Å². The molecule has 1 aromatic rings. The van der Waals surface area contributed by atoms with Gasteiger partial charge in [-0.25, -0.2) is 4.68 Å². The lowest BCUT2D eigenvalue weighted by atomic mass is 9.82. The van der Waals surface area contributed by atoms with E-state index >= 15 is 0 Å². The summed E-state index contributed by atoms with van der Waals surface area (Å²) < 4.78 is 1.94. The molecule has 0 bridgehead atoms. The van der Waals surface area contributed by atoms with Gasteiger partial charge >= 0.3 is 0 Å². The van der Waals surface area contributed by atoms with Gasteiger partial charge in [0, 0.05) is 12.5 Å². The van der Waals surface area contributed by atoms with Crippen LogP contribution in [-0.4, -0.2) is 15.0 Å². The normalized spacial score (nSPS) is 16.0. The summed E-state index contributed by atoms with van der Waals surface area (Å²) in [5.41, 5.74) is 1.62. The van der Waals surface area contributed by atoms with Gasteiger partial charge in [-0.05, 0) is 19.3 Å². The predicted molar refractivity (Wildman–Crippen MR) is 56.2 cm³/mol. The van der Waals surface area contributed by atoms with Crippen LogP contribution in [0.2, 0.25) is 0 Å². The first-order valence-corrected chi connectivity index (χ1v) is 5.70. The number of nitriles is 1. The first-order chi connectivity index (χ1) is 7.36. The smallest absolute Gasteiger partial charge is 0.186 e. The summed E-state index contributed by atoms with van der Waals surface area (Å²) in [4.78, 5) is 0. The highest BCUT2D eigenvalue weighted by molar-refractivity contribution is 5.28. The predicted octanol–water partition coefficient (Wildman–Crippen LogP) is 2.22. The molecule has 1 aliphatic rings. The molecule has 0 saturated heterocycles. The van der Waals surface area contributed by atoms with Crippen molar-refractivity contribution < 1.29 is 0 Å². The quantitative estimate of drug-likeness (QED) is 0.755. The molecule has 2 rings (SSSR count). The topological polar surface area (TPSA) is 54.5 Å². The molecule has 0 aliphatic heterocycles. The zero-order valence-electron chi connectivity index (χ0n) is 9.11. The van der Waals surface area contributed by atoms with Crippen LogP contribution in [0.4, 0.5) is 0 Å². The van der Waals surface area contributed by atoms with Gasteiger partial charge in [0.25, 0.3) is 0 Å². The number of hydrogen-bond acceptors (Lipinski definition) is 3. The number of aryl methyl sites for hydroxylation is 1. The maximum absolute atomic E-state index is 8.96. The number of nitrogens with zero attached hydrogens (tertiary/aromatic N) is 4. The van der Waals surface area contributed by atoms with E-state index in [2.05, 4.69) is 23.3 Å².